The van der Waals surface area contributed by atoms with Crippen LogP contribution in [0.5, 0.6) is 11.5 Å². The Balaban J connectivity index is 1.63. The highest BCUT2D eigenvalue weighted by atomic mass is 16.6. The summed E-state index contributed by atoms with van der Waals surface area (Å²) in [6, 6.07) is 11.6. The average molecular weight is 371 g/mol. The number of benzene rings is 2. The van der Waals surface area contributed by atoms with E-state index in [1.54, 1.807) is 17.9 Å². The van der Waals surface area contributed by atoms with Crippen LogP contribution in [0.1, 0.15) is 12.5 Å². The molecule has 8 heteroatoms. The fraction of sp³-hybridized carbons (Fsp3) is 0.316. The maximum atomic E-state index is 12.6. The molecule has 2 aromatic carbocycles. The standard InChI is InChI=1S/C19H21N3O5/c1-3-21(11-15-12-26-17-6-4-5-7-18(17)27-15)19(23)20-14-8-9-16(22(24)25)13(2)10-14/h4-10,15H,3,11-12H2,1-2H3,(H,20,23). The van der Waals surface area contributed by atoms with E-state index in [4.69, 9.17) is 9.47 Å². The van der Waals surface area contributed by atoms with Crippen molar-refractivity contribution in [3.63, 3.8) is 0 Å². The number of nitro groups is 1. The molecule has 0 aromatic heterocycles. The van der Waals surface area contributed by atoms with E-state index in [2.05, 4.69) is 5.32 Å². The lowest BCUT2D eigenvalue weighted by Crippen LogP contribution is -2.45. The lowest BCUT2D eigenvalue weighted by Gasteiger charge is -2.31. The minimum Gasteiger partial charge on any atom is -0.486 e. The Hall–Kier alpha value is -3.29. The molecule has 2 aromatic rings. The number of carbonyl (C=O) groups is 1. The van der Waals surface area contributed by atoms with Crippen LogP contribution in [-0.4, -0.2) is 41.7 Å². The number of fused-ring (bicyclic) bond motifs is 1. The molecule has 142 valence electrons. The predicted octanol–water partition coefficient (Wildman–Crippen LogP) is 3.60. The number of amides is 2. The van der Waals surface area contributed by atoms with Gasteiger partial charge in [-0.05, 0) is 38.1 Å². The maximum absolute atomic E-state index is 12.6. The van der Waals surface area contributed by atoms with E-state index in [0.29, 0.717) is 42.4 Å². The summed E-state index contributed by atoms with van der Waals surface area (Å²) < 4.78 is 11.6. The Bertz CT molecular complexity index is 855. The molecule has 0 radical (unpaired) electrons. The van der Waals surface area contributed by atoms with Crippen molar-refractivity contribution < 1.29 is 19.2 Å². The van der Waals surface area contributed by atoms with Crippen molar-refractivity contribution in [1.29, 1.82) is 0 Å². The molecule has 27 heavy (non-hydrogen) atoms. The maximum Gasteiger partial charge on any atom is 0.321 e. The van der Waals surface area contributed by atoms with Crippen molar-refractivity contribution in [3.05, 3.63) is 58.1 Å². The van der Waals surface area contributed by atoms with Crippen molar-refractivity contribution in [2.75, 3.05) is 25.0 Å². The molecule has 1 aliphatic rings. The van der Waals surface area contributed by atoms with E-state index in [0.717, 1.165) is 0 Å². The number of para-hydroxylation sites is 2. The van der Waals surface area contributed by atoms with Crippen LogP contribution in [0.4, 0.5) is 16.2 Å². The molecule has 0 saturated heterocycles. The molecule has 0 saturated carbocycles. The first-order chi connectivity index (χ1) is 13.0. The number of rotatable bonds is 5. The van der Waals surface area contributed by atoms with Crippen LogP contribution in [0, 0.1) is 17.0 Å². The molecule has 0 bridgehead atoms. The number of carbonyl (C=O) groups excluding carboxylic acids is 1. The van der Waals surface area contributed by atoms with Crippen LogP contribution in [-0.2, 0) is 0 Å². The molecule has 2 amide bonds. The molecule has 1 aliphatic heterocycles. The fourth-order valence-corrected chi connectivity index (χ4v) is 2.90. The number of anilines is 1. The number of nitro benzene ring substituents is 1. The van der Waals surface area contributed by atoms with E-state index in [1.165, 1.54) is 12.1 Å². The Morgan fingerprint density at radius 1 is 1.30 bits per heavy atom. The predicted molar refractivity (Wildman–Crippen MR) is 100 cm³/mol. The van der Waals surface area contributed by atoms with Gasteiger partial charge < -0.3 is 19.7 Å². The number of likely N-dealkylation sites (N-methyl/N-ethyl adjacent to an activating group) is 1. The highest BCUT2D eigenvalue weighted by Crippen LogP contribution is 2.31. The third kappa shape index (κ3) is 4.28. The van der Waals surface area contributed by atoms with Gasteiger partial charge in [-0.1, -0.05) is 12.1 Å². The zero-order chi connectivity index (χ0) is 19.4. The normalized spacial score (nSPS) is 15.1. The van der Waals surface area contributed by atoms with E-state index in [1.807, 2.05) is 31.2 Å². The highest BCUT2D eigenvalue weighted by Gasteiger charge is 2.25. The monoisotopic (exact) mass is 371 g/mol. The van der Waals surface area contributed by atoms with Crippen LogP contribution < -0.4 is 14.8 Å². The Kier molecular flexibility index (Phi) is 5.44. The Morgan fingerprint density at radius 2 is 2.04 bits per heavy atom. The second kappa shape index (κ2) is 7.94. The van der Waals surface area contributed by atoms with Crippen LogP contribution >= 0.6 is 0 Å². The molecule has 3 rings (SSSR count). The van der Waals surface area contributed by atoms with Gasteiger partial charge in [-0.25, -0.2) is 4.79 Å². The van der Waals surface area contributed by atoms with Crippen molar-refractivity contribution in [3.8, 4) is 11.5 Å². The summed E-state index contributed by atoms with van der Waals surface area (Å²) in [5.41, 5.74) is 1.01. The molecular weight excluding hydrogens is 350 g/mol. The molecule has 1 heterocycles. The quantitative estimate of drug-likeness (QED) is 0.640. The zero-order valence-corrected chi connectivity index (χ0v) is 15.2. The van der Waals surface area contributed by atoms with E-state index in [-0.39, 0.29) is 17.8 Å². The number of nitrogens with zero attached hydrogens (tertiary/aromatic N) is 2. The molecular formula is C19H21N3O5. The number of ether oxygens (including phenoxy) is 2. The molecule has 0 fully saturated rings. The van der Waals surface area contributed by atoms with Gasteiger partial charge in [0.1, 0.15) is 6.61 Å². The van der Waals surface area contributed by atoms with E-state index >= 15 is 0 Å². The average Bonchev–Trinajstić information content (AvgIpc) is 2.65. The Labute approximate surface area is 156 Å². The summed E-state index contributed by atoms with van der Waals surface area (Å²) in [4.78, 5) is 24.6. The lowest BCUT2D eigenvalue weighted by molar-refractivity contribution is -0.385. The smallest absolute Gasteiger partial charge is 0.321 e. The van der Waals surface area contributed by atoms with Crippen molar-refractivity contribution in [2.45, 2.75) is 20.0 Å². The first-order valence-electron chi connectivity index (χ1n) is 8.67. The molecule has 0 aliphatic carbocycles. The van der Waals surface area contributed by atoms with Gasteiger partial charge in [0.2, 0.25) is 0 Å². The SMILES string of the molecule is CCN(CC1COc2ccccc2O1)C(=O)Nc1ccc([N+](=O)[O-])c(C)c1. The molecule has 1 N–H and O–H groups in total. The topological polar surface area (TPSA) is 93.9 Å². The molecule has 8 nitrogen and oxygen atoms in total. The summed E-state index contributed by atoms with van der Waals surface area (Å²) in [6.07, 6.45) is -0.274. The number of hydrogen-bond donors (Lipinski definition) is 1. The minimum absolute atomic E-state index is 0.0202. The molecule has 1 unspecified atom stereocenters. The van der Waals surface area contributed by atoms with Gasteiger partial charge in [0, 0.05) is 23.9 Å². The van der Waals surface area contributed by atoms with Crippen molar-refractivity contribution in [1.82, 2.24) is 4.90 Å². The van der Waals surface area contributed by atoms with Gasteiger partial charge in [0.25, 0.3) is 5.69 Å². The molecule has 0 spiro atoms. The third-order valence-corrected chi connectivity index (χ3v) is 4.31. The first-order valence-corrected chi connectivity index (χ1v) is 8.67. The van der Waals surface area contributed by atoms with Gasteiger partial charge in [-0.2, -0.15) is 0 Å². The van der Waals surface area contributed by atoms with Crippen LogP contribution in [0.15, 0.2) is 42.5 Å². The van der Waals surface area contributed by atoms with Crippen LogP contribution in [0.25, 0.3) is 0 Å². The zero-order valence-electron chi connectivity index (χ0n) is 15.2. The number of nitrogens with one attached hydrogen (secondary N) is 1. The van der Waals surface area contributed by atoms with E-state index < -0.39 is 4.92 Å². The van der Waals surface area contributed by atoms with Crippen molar-refractivity contribution in [2.24, 2.45) is 0 Å². The second-order valence-electron chi connectivity index (χ2n) is 6.22. The third-order valence-electron chi connectivity index (χ3n) is 4.31. The summed E-state index contributed by atoms with van der Waals surface area (Å²) in [7, 11) is 0. The van der Waals surface area contributed by atoms with Crippen LogP contribution in [0.2, 0.25) is 0 Å². The van der Waals surface area contributed by atoms with E-state index in [9.17, 15) is 14.9 Å². The van der Waals surface area contributed by atoms with Gasteiger partial charge >= 0.3 is 6.03 Å². The number of aryl methyl sites for hydroxylation is 1. The summed E-state index contributed by atoms with van der Waals surface area (Å²) in [5, 5.41) is 13.7. The van der Waals surface area contributed by atoms with Gasteiger partial charge in [0.15, 0.2) is 17.6 Å². The summed E-state index contributed by atoms with van der Waals surface area (Å²) in [6.45, 7) is 4.72. The summed E-state index contributed by atoms with van der Waals surface area (Å²) >= 11 is 0. The highest BCUT2D eigenvalue weighted by molar-refractivity contribution is 5.89. The van der Waals surface area contributed by atoms with Gasteiger partial charge in [0.05, 0.1) is 11.5 Å². The number of urea groups is 1. The summed E-state index contributed by atoms with van der Waals surface area (Å²) in [5.74, 6) is 1.36. The van der Waals surface area contributed by atoms with Gasteiger partial charge in [-0.3, -0.25) is 10.1 Å². The number of hydrogen-bond acceptors (Lipinski definition) is 5. The van der Waals surface area contributed by atoms with Crippen LogP contribution in [0.3, 0.4) is 0 Å². The first kappa shape index (κ1) is 18.5. The van der Waals surface area contributed by atoms with Gasteiger partial charge in [-0.15, -0.1) is 0 Å². The largest absolute Gasteiger partial charge is 0.486 e. The molecule has 1 atom stereocenters. The fourth-order valence-electron chi connectivity index (χ4n) is 2.90. The lowest BCUT2D eigenvalue weighted by atomic mass is 10.2. The minimum atomic E-state index is -0.447. The van der Waals surface area contributed by atoms with Crippen molar-refractivity contribution >= 4 is 17.4 Å². The Morgan fingerprint density at radius 3 is 2.70 bits per heavy atom. The second-order valence-corrected chi connectivity index (χ2v) is 6.22.